The van der Waals surface area contributed by atoms with Gasteiger partial charge in [-0.05, 0) is 35.6 Å². The molecule has 1 unspecified atom stereocenters. The van der Waals surface area contributed by atoms with Crippen molar-refractivity contribution in [2.45, 2.75) is 32.1 Å². The van der Waals surface area contributed by atoms with E-state index in [1.165, 1.54) is 27.1 Å². The normalized spacial score (nSPS) is 21.7. The van der Waals surface area contributed by atoms with Crippen LogP contribution in [0.2, 0.25) is 0 Å². The van der Waals surface area contributed by atoms with Crippen LogP contribution in [0.15, 0.2) is 21.6 Å². The van der Waals surface area contributed by atoms with Gasteiger partial charge in [-0.1, -0.05) is 29.8 Å². The molecule has 0 bridgehead atoms. The first kappa shape index (κ1) is 13.0. The molecule has 2 heterocycles. The van der Waals surface area contributed by atoms with E-state index in [2.05, 4.69) is 57.5 Å². The Hall–Kier alpha value is -1.03. The van der Waals surface area contributed by atoms with Crippen LogP contribution < -0.4 is 10.6 Å². The summed E-state index contributed by atoms with van der Waals surface area (Å²) in [5.74, 6) is 2.13. The molecule has 19 heavy (non-hydrogen) atoms. The fourth-order valence-electron chi connectivity index (χ4n) is 3.01. The standard InChI is InChI=1S/C15H20BrN3/c1-9(2)12-7-10(16)8-13-11(3-4-17-14(12)13)15-18-5-6-19-15/h7-9,11,17H,3-6H2,1-2H3,(H,18,19). The molecule has 0 radical (unpaired) electrons. The number of nitrogens with one attached hydrogen (secondary N) is 2. The van der Waals surface area contributed by atoms with E-state index >= 15 is 0 Å². The van der Waals surface area contributed by atoms with E-state index in [0.717, 1.165) is 26.1 Å². The number of hydrogen-bond donors (Lipinski definition) is 2. The van der Waals surface area contributed by atoms with Crippen molar-refractivity contribution < 1.29 is 0 Å². The summed E-state index contributed by atoms with van der Waals surface area (Å²) in [7, 11) is 0. The first-order valence-corrected chi connectivity index (χ1v) is 7.81. The molecule has 3 rings (SSSR count). The van der Waals surface area contributed by atoms with Crippen molar-refractivity contribution in [2.75, 3.05) is 25.0 Å². The highest BCUT2D eigenvalue weighted by Gasteiger charge is 2.28. The van der Waals surface area contributed by atoms with Crippen LogP contribution in [-0.2, 0) is 0 Å². The lowest BCUT2D eigenvalue weighted by atomic mass is 9.86. The molecule has 0 spiro atoms. The van der Waals surface area contributed by atoms with Gasteiger partial charge in [0.1, 0.15) is 5.84 Å². The Balaban J connectivity index is 2.08. The van der Waals surface area contributed by atoms with Gasteiger partial charge in [-0.3, -0.25) is 4.99 Å². The minimum atomic E-state index is 0.425. The number of nitrogens with zero attached hydrogens (tertiary/aromatic N) is 1. The number of benzene rings is 1. The second-order valence-corrected chi connectivity index (χ2v) is 6.49. The quantitative estimate of drug-likeness (QED) is 0.875. The summed E-state index contributed by atoms with van der Waals surface area (Å²) in [6, 6.07) is 4.49. The molecule has 0 saturated carbocycles. The van der Waals surface area contributed by atoms with Crippen LogP contribution in [0, 0.1) is 0 Å². The topological polar surface area (TPSA) is 36.4 Å². The molecular formula is C15H20BrN3. The lowest BCUT2D eigenvalue weighted by Gasteiger charge is -2.30. The smallest absolute Gasteiger partial charge is 0.104 e. The maximum atomic E-state index is 4.62. The molecule has 2 aliphatic heterocycles. The molecule has 2 aliphatic rings. The van der Waals surface area contributed by atoms with Crippen LogP contribution >= 0.6 is 15.9 Å². The van der Waals surface area contributed by atoms with Gasteiger partial charge in [-0.25, -0.2) is 0 Å². The lowest BCUT2D eigenvalue weighted by Crippen LogP contribution is -2.30. The summed E-state index contributed by atoms with van der Waals surface area (Å²) in [6.45, 7) is 7.43. The van der Waals surface area contributed by atoms with Crippen LogP contribution in [0.4, 0.5) is 5.69 Å². The molecule has 0 aromatic heterocycles. The summed E-state index contributed by atoms with van der Waals surface area (Å²) >= 11 is 3.66. The summed E-state index contributed by atoms with van der Waals surface area (Å²) < 4.78 is 1.17. The molecule has 4 heteroatoms. The van der Waals surface area contributed by atoms with E-state index in [0.29, 0.717) is 11.8 Å². The zero-order valence-electron chi connectivity index (χ0n) is 11.5. The molecular weight excluding hydrogens is 302 g/mol. The van der Waals surface area contributed by atoms with Crippen molar-refractivity contribution >= 4 is 27.5 Å². The molecule has 1 aromatic carbocycles. The van der Waals surface area contributed by atoms with E-state index in [1.807, 2.05) is 0 Å². The molecule has 1 atom stereocenters. The van der Waals surface area contributed by atoms with Crippen molar-refractivity contribution in [3.05, 3.63) is 27.7 Å². The monoisotopic (exact) mass is 321 g/mol. The molecule has 0 amide bonds. The first-order valence-electron chi connectivity index (χ1n) is 7.02. The first-order chi connectivity index (χ1) is 9.16. The predicted octanol–water partition coefficient (Wildman–Crippen LogP) is 3.47. The summed E-state index contributed by atoms with van der Waals surface area (Å²) in [5.41, 5.74) is 4.11. The minimum absolute atomic E-state index is 0.425. The summed E-state index contributed by atoms with van der Waals surface area (Å²) in [6.07, 6.45) is 1.12. The number of hydrogen-bond acceptors (Lipinski definition) is 3. The van der Waals surface area contributed by atoms with Gasteiger partial charge < -0.3 is 10.6 Å². The molecule has 1 aromatic rings. The van der Waals surface area contributed by atoms with Crippen LogP contribution in [0.5, 0.6) is 0 Å². The average Bonchev–Trinajstić information content (AvgIpc) is 2.90. The van der Waals surface area contributed by atoms with Crippen LogP contribution in [0.3, 0.4) is 0 Å². The van der Waals surface area contributed by atoms with Crippen molar-refractivity contribution in [1.29, 1.82) is 0 Å². The SMILES string of the molecule is CC(C)c1cc(Br)cc2c1NCCC2C1=NCCN1. The molecule has 0 saturated heterocycles. The number of amidine groups is 1. The second-order valence-electron chi connectivity index (χ2n) is 5.58. The second kappa shape index (κ2) is 5.16. The highest BCUT2D eigenvalue weighted by Crippen LogP contribution is 2.40. The van der Waals surface area contributed by atoms with Gasteiger partial charge in [-0.2, -0.15) is 0 Å². The predicted molar refractivity (Wildman–Crippen MR) is 84.4 cm³/mol. The van der Waals surface area contributed by atoms with Gasteiger partial charge in [0.25, 0.3) is 0 Å². The Morgan fingerprint density at radius 3 is 2.79 bits per heavy atom. The number of fused-ring (bicyclic) bond motifs is 1. The third-order valence-corrected chi connectivity index (χ3v) is 4.38. The van der Waals surface area contributed by atoms with Crippen molar-refractivity contribution in [3.63, 3.8) is 0 Å². The molecule has 0 aliphatic carbocycles. The Kier molecular flexibility index (Phi) is 3.52. The number of rotatable bonds is 2. The zero-order chi connectivity index (χ0) is 13.4. The summed E-state index contributed by atoms with van der Waals surface area (Å²) in [5, 5.41) is 7.03. The minimum Gasteiger partial charge on any atom is -0.385 e. The Bertz CT molecular complexity index is 522. The fraction of sp³-hybridized carbons (Fsp3) is 0.533. The molecule has 0 fully saturated rings. The number of halogens is 1. The van der Waals surface area contributed by atoms with Gasteiger partial charge in [0.15, 0.2) is 0 Å². The van der Waals surface area contributed by atoms with E-state index in [-0.39, 0.29) is 0 Å². The summed E-state index contributed by atoms with van der Waals surface area (Å²) in [4.78, 5) is 4.62. The Morgan fingerprint density at radius 1 is 1.26 bits per heavy atom. The van der Waals surface area contributed by atoms with Gasteiger partial charge in [0, 0.05) is 29.2 Å². The van der Waals surface area contributed by atoms with E-state index < -0.39 is 0 Å². The van der Waals surface area contributed by atoms with E-state index in [9.17, 15) is 0 Å². The highest BCUT2D eigenvalue weighted by atomic mass is 79.9. The number of anilines is 1. The zero-order valence-corrected chi connectivity index (χ0v) is 13.0. The maximum Gasteiger partial charge on any atom is 0.104 e. The van der Waals surface area contributed by atoms with Crippen molar-refractivity contribution in [3.8, 4) is 0 Å². The maximum absolute atomic E-state index is 4.62. The largest absolute Gasteiger partial charge is 0.385 e. The van der Waals surface area contributed by atoms with Crippen molar-refractivity contribution in [1.82, 2.24) is 5.32 Å². The lowest BCUT2D eigenvalue weighted by molar-refractivity contribution is 0.743. The van der Waals surface area contributed by atoms with Gasteiger partial charge in [-0.15, -0.1) is 0 Å². The third kappa shape index (κ3) is 2.38. The molecule has 102 valence electrons. The Morgan fingerprint density at radius 2 is 2.11 bits per heavy atom. The van der Waals surface area contributed by atoms with E-state index in [1.54, 1.807) is 0 Å². The van der Waals surface area contributed by atoms with Crippen molar-refractivity contribution in [2.24, 2.45) is 4.99 Å². The third-order valence-electron chi connectivity index (χ3n) is 3.93. The van der Waals surface area contributed by atoms with Crippen LogP contribution in [0.25, 0.3) is 0 Å². The Labute approximate surface area is 123 Å². The van der Waals surface area contributed by atoms with Gasteiger partial charge in [0.05, 0.1) is 6.54 Å². The molecule has 2 N–H and O–H groups in total. The average molecular weight is 322 g/mol. The fourth-order valence-corrected chi connectivity index (χ4v) is 3.51. The molecule has 3 nitrogen and oxygen atoms in total. The van der Waals surface area contributed by atoms with Gasteiger partial charge >= 0.3 is 0 Å². The van der Waals surface area contributed by atoms with Gasteiger partial charge in [0.2, 0.25) is 0 Å². The van der Waals surface area contributed by atoms with Crippen LogP contribution in [0.1, 0.15) is 43.2 Å². The number of aliphatic imine (C=N–C) groups is 1. The van der Waals surface area contributed by atoms with E-state index in [4.69, 9.17) is 0 Å². The van der Waals surface area contributed by atoms with Crippen LogP contribution in [-0.4, -0.2) is 25.5 Å². The highest BCUT2D eigenvalue weighted by molar-refractivity contribution is 9.10.